The number of aromatic nitrogens is 3. The van der Waals surface area contributed by atoms with Crippen LogP contribution >= 0.6 is 11.8 Å². The molecule has 0 radical (unpaired) electrons. The van der Waals surface area contributed by atoms with Crippen LogP contribution in [-0.2, 0) is 4.79 Å². The second-order valence-electron chi connectivity index (χ2n) is 7.11. The molecule has 1 N–H and O–H groups in total. The minimum Gasteiger partial charge on any atom is -0.431 e. The Kier molecular flexibility index (Phi) is 5.99. The molecule has 0 fully saturated rings. The Balaban J connectivity index is 1.29. The predicted molar refractivity (Wildman–Crippen MR) is 129 cm³/mol. The van der Waals surface area contributed by atoms with Crippen LogP contribution in [0.3, 0.4) is 0 Å². The van der Waals surface area contributed by atoms with E-state index >= 15 is 0 Å². The number of carbonyl (C=O) groups excluding carboxylic acids is 1. The molecule has 8 heteroatoms. The third-order valence-corrected chi connectivity index (χ3v) is 5.63. The summed E-state index contributed by atoms with van der Waals surface area (Å²) in [4.78, 5) is 16.6. The van der Waals surface area contributed by atoms with Gasteiger partial charge in [-0.15, -0.1) is 0 Å². The van der Waals surface area contributed by atoms with Crippen LogP contribution in [0, 0.1) is 0 Å². The molecule has 7 nitrogen and oxygen atoms in total. The first-order valence-corrected chi connectivity index (χ1v) is 11.3. The Morgan fingerprint density at radius 2 is 1.73 bits per heavy atom. The third kappa shape index (κ3) is 4.86. The van der Waals surface area contributed by atoms with E-state index in [0.29, 0.717) is 10.8 Å². The number of hydrogen-bond donors (Lipinski definition) is 1. The van der Waals surface area contributed by atoms with E-state index in [2.05, 4.69) is 15.5 Å². The van der Waals surface area contributed by atoms with E-state index in [9.17, 15) is 4.79 Å². The highest BCUT2D eigenvalue weighted by Crippen LogP contribution is 2.24. The zero-order valence-electron chi connectivity index (χ0n) is 17.5. The van der Waals surface area contributed by atoms with Crippen LogP contribution in [0.25, 0.3) is 28.0 Å². The first-order valence-electron chi connectivity index (χ1n) is 10.3. The van der Waals surface area contributed by atoms with Gasteiger partial charge in [-0.3, -0.25) is 4.79 Å². The second kappa shape index (κ2) is 9.54. The van der Waals surface area contributed by atoms with Crippen LogP contribution in [0.5, 0.6) is 0 Å². The maximum atomic E-state index is 12.3. The van der Waals surface area contributed by atoms with Crippen molar-refractivity contribution in [3.63, 3.8) is 0 Å². The highest BCUT2D eigenvalue weighted by atomic mass is 32.2. The number of para-hydroxylation sites is 3. The van der Waals surface area contributed by atoms with E-state index in [1.807, 2.05) is 91.1 Å². The molecule has 0 bridgehead atoms. The molecule has 2 heterocycles. The van der Waals surface area contributed by atoms with Gasteiger partial charge in [0.05, 0.1) is 17.7 Å². The fourth-order valence-electron chi connectivity index (χ4n) is 3.26. The van der Waals surface area contributed by atoms with E-state index in [1.54, 1.807) is 10.9 Å². The molecule has 33 heavy (non-hydrogen) atoms. The van der Waals surface area contributed by atoms with Crippen molar-refractivity contribution in [3.8, 4) is 16.9 Å². The largest absolute Gasteiger partial charge is 0.431 e. The number of hydrogen-bond acceptors (Lipinski definition) is 6. The number of nitrogens with one attached hydrogen (secondary N) is 1. The monoisotopic (exact) mass is 453 g/mol. The molecule has 0 aliphatic heterocycles. The van der Waals surface area contributed by atoms with Gasteiger partial charge in [0, 0.05) is 17.3 Å². The number of hydrazone groups is 1. The summed E-state index contributed by atoms with van der Waals surface area (Å²) in [5.41, 5.74) is 7.50. The standard InChI is InChI=1S/C25H19N5O2S/c31-23(17-33-25-27-21-13-7-8-14-22(21)32-25)28-26-15-19-16-30(20-11-5-2-6-12-20)29-24(19)18-9-3-1-4-10-18/h1-16H,17H2,(H,28,31)/b26-15+. The van der Waals surface area contributed by atoms with Crippen LogP contribution in [0.4, 0.5) is 0 Å². The van der Waals surface area contributed by atoms with Gasteiger partial charge >= 0.3 is 0 Å². The fourth-order valence-corrected chi connectivity index (χ4v) is 3.89. The van der Waals surface area contributed by atoms with Gasteiger partial charge in [-0.2, -0.15) is 10.2 Å². The number of rotatable bonds is 7. The van der Waals surface area contributed by atoms with Crippen molar-refractivity contribution in [1.29, 1.82) is 0 Å². The van der Waals surface area contributed by atoms with Crippen molar-refractivity contribution in [2.24, 2.45) is 5.10 Å². The number of benzene rings is 3. The smallest absolute Gasteiger partial charge is 0.257 e. The lowest BCUT2D eigenvalue weighted by Crippen LogP contribution is -2.19. The minimum atomic E-state index is -0.254. The van der Waals surface area contributed by atoms with Gasteiger partial charge < -0.3 is 4.42 Å². The fraction of sp³-hybridized carbons (Fsp3) is 0.0400. The predicted octanol–water partition coefficient (Wildman–Crippen LogP) is 4.92. The molecular formula is C25H19N5O2S. The van der Waals surface area contributed by atoms with E-state index in [4.69, 9.17) is 9.52 Å². The highest BCUT2D eigenvalue weighted by molar-refractivity contribution is 7.99. The first-order chi connectivity index (χ1) is 16.3. The molecule has 1 amide bonds. The average molecular weight is 454 g/mol. The van der Waals surface area contributed by atoms with Crippen molar-refractivity contribution >= 4 is 35.0 Å². The Morgan fingerprint density at radius 3 is 2.52 bits per heavy atom. The highest BCUT2D eigenvalue weighted by Gasteiger charge is 2.12. The Bertz CT molecular complexity index is 1380. The average Bonchev–Trinajstić information content (AvgIpc) is 3.48. The van der Waals surface area contributed by atoms with Gasteiger partial charge in [0.15, 0.2) is 5.58 Å². The minimum absolute atomic E-state index is 0.138. The molecule has 5 rings (SSSR count). The summed E-state index contributed by atoms with van der Waals surface area (Å²) in [7, 11) is 0. The van der Waals surface area contributed by atoms with E-state index in [1.165, 1.54) is 11.8 Å². The molecule has 0 unspecified atom stereocenters. The van der Waals surface area contributed by atoms with E-state index < -0.39 is 0 Å². The molecule has 0 saturated carbocycles. The summed E-state index contributed by atoms with van der Waals surface area (Å²) in [6, 6.07) is 27.2. The van der Waals surface area contributed by atoms with Crippen molar-refractivity contribution < 1.29 is 9.21 Å². The maximum absolute atomic E-state index is 12.3. The number of amides is 1. The lowest BCUT2D eigenvalue weighted by molar-refractivity contribution is -0.118. The van der Waals surface area contributed by atoms with Crippen molar-refractivity contribution in [2.75, 3.05) is 5.75 Å². The van der Waals surface area contributed by atoms with Crippen LogP contribution in [0.2, 0.25) is 0 Å². The molecule has 0 aliphatic rings. The lowest BCUT2D eigenvalue weighted by atomic mass is 10.1. The van der Waals surface area contributed by atoms with Crippen LogP contribution in [0.1, 0.15) is 5.56 Å². The summed E-state index contributed by atoms with van der Waals surface area (Å²) in [6.07, 6.45) is 3.50. The van der Waals surface area contributed by atoms with E-state index in [-0.39, 0.29) is 11.7 Å². The molecular weight excluding hydrogens is 434 g/mol. The number of oxazole rings is 1. The molecule has 5 aromatic rings. The normalized spacial score (nSPS) is 11.3. The van der Waals surface area contributed by atoms with Gasteiger partial charge in [-0.25, -0.2) is 15.1 Å². The van der Waals surface area contributed by atoms with Gasteiger partial charge in [-0.1, -0.05) is 72.4 Å². The summed E-state index contributed by atoms with van der Waals surface area (Å²) in [5, 5.41) is 9.33. The quantitative estimate of drug-likeness (QED) is 0.215. The number of fused-ring (bicyclic) bond motifs is 1. The van der Waals surface area contributed by atoms with E-state index in [0.717, 1.165) is 28.0 Å². The molecule has 2 aromatic heterocycles. The molecule has 162 valence electrons. The Labute approximate surface area is 194 Å². The molecule has 0 aliphatic carbocycles. The third-order valence-electron chi connectivity index (χ3n) is 4.80. The van der Waals surface area contributed by atoms with Crippen LogP contribution in [0.15, 0.2) is 106 Å². The summed E-state index contributed by atoms with van der Waals surface area (Å²) >= 11 is 1.22. The summed E-state index contributed by atoms with van der Waals surface area (Å²) < 4.78 is 7.42. The summed E-state index contributed by atoms with van der Waals surface area (Å²) in [6.45, 7) is 0. The zero-order valence-corrected chi connectivity index (χ0v) is 18.3. The molecule has 3 aromatic carbocycles. The number of thioether (sulfide) groups is 1. The van der Waals surface area contributed by atoms with Gasteiger partial charge in [0.2, 0.25) is 0 Å². The molecule has 0 saturated heterocycles. The van der Waals surface area contributed by atoms with Gasteiger partial charge in [-0.05, 0) is 24.3 Å². The van der Waals surface area contributed by atoms with Crippen LogP contribution < -0.4 is 5.43 Å². The summed E-state index contributed by atoms with van der Waals surface area (Å²) in [5.74, 6) is -0.117. The SMILES string of the molecule is O=C(CSc1nc2ccccc2o1)N/N=C/c1cn(-c2ccccc2)nc1-c1ccccc1. The Hall–Kier alpha value is -4.17. The first kappa shape index (κ1) is 20.7. The van der Waals surface area contributed by atoms with Crippen molar-refractivity contribution in [1.82, 2.24) is 20.2 Å². The zero-order chi connectivity index (χ0) is 22.5. The number of nitrogens with zero attached hydrogens (tertiary/aromatic N) is 4. The maximum Gasteiger partial charge on any atom is 0.257 e. The second-order valence-corrected chi connectivity index (χ2v) is 8.04. The Morgan fingerprint density at radius 1 is 1.00 bits per heavy atom. The van der Waals surface area contributed by atoms with Gasteiger partial charge in [0.1, 0.15) is 11.2 Å². The molecule has 0 atom stereocenters. The lowest BCUT2D eigenvalue weighted by Gasteiger charge is -2.00. The van der Waals surface area contributed by atoms with Gasteiger partial charge in [0.25, 0.3) is 11.1 Å². The topological polar surface area (TPSA) is 85.3 Å². The van der Waals surface area contributed by atoms with Crippen molar-refractivity contribution in [3.05, 3.63) is 96.7 Å². The molecule has 0 spiro atoms. The number of carbonyl (C=O) groups is 1. The van der Waals surface area contributed by atoms with Crippen molar-refractivity contribution in [2.45, 2.75) is 5.22 Å². The van der Waals surface area contributed by atoms with Crippen LogP contribution in [-0.4, -0.2) is 32.6 Å².